The third-order valence-corrected chi connectivity index (χ3v) is 5.65. The van der Waals surface area contributed by atoms with Crippen LogP contribution in [0.4, 0.5) is 10.1 Å². The number of hydrogen-bond donors (Lipinski definition) is 4. The van der Waals surface area contributed by atoms with Gasteiger partial charge in [0.05, 0.1) is 12.2 Å². The minimum absolute atomic E-state index is 0.0702. The molecular formula is C23H28FN7O. The Morgan fingerprint density at radius 3 is 2.81 bits per heavy atom. The lowest BCUT2D eigenvalue weighted by Crippen LogP contribution is -2.33. The van der Waals surface area contributed by atoms with Gasteiger partial charge in [0.15, 0.2) is 0 Å². The first-order chi connectivity index (χ1) is 15.4. The SMILES string of the molecule is CCc1ccc(N)c(CNC(=O)/C(N)=C/N(N)Cc2cn3cc(C4CC4)ccc3n2)c1F. The molecule has 0 unspecified atom stereocenters. The van der Waals surface area contributed by atoms with Gasteiger partial charge in [-0.15, -0.1) is 0 Å². The van der Waals surface area contributed by atoms with E-state index < -0.39 is 11.7 Å². The Morgan fingerprint density at radius 1 is 1.31 bits per heavy atom. The quantitative estimate of drug-likeness (QED) is 0.185. The number of halogens is 1. The van der Waals surface area contributed by atoms with Crippen LogP contribution in [0.25, 0.3) is 5.65 Å². The van der Waals surface area contributed by atoms with Crippen molar-refractivity contribution in [2.45, 2.75) is 45.2 Å². The lowest BCUT2D eigenvalue weighted by atomic mass is 10.1. The number of imidazole rings is 1. The number of nitrogen functional groups attached to an aromatic ring is 1. The Labute approximate surface area is 185 Å². The van der Waals surface area contributed by atoms with Crippen LogP contribution in [0.15, 0.2) is 48.6 Å². The molecular weight excluding hydrogens is 409 g/mol. The summed E-state index contributed by atoms with van der Waals surface area (Å²) in [7, 11) is 0. The molecule has 0 radical (unpaired) electrons. The number of hydrogen-bond acceptors (Lipinski definition) is 6. The van der Waals surface area contributed by atoms with Gasteiger partial charge in [-0.05, 0) is 48.4 Å². The van der Waals surface area contributed by atoms with E-state index in [1.807, 2.05) is 23.6 Å². The molecule has 3 aromatic rings. The van der Waals surface area contributed by atoms with Crippen LogP contribution in [-0.2, 0) is 24.3 Å². The number of fused-ring (bicyclic) bond motifs is 1. The fourth-order valence-corrected chi connectivity index (χ4v) is 3.67. The molecule has 0 aliphatic heterocycles. The summed E-state index contributed by atoms with van der Waals surface area (Å²) in [5.41, 5.74) is 15.6. The number of aromatic nitrogens is 2. The number of carbonyl (C=O) groups excluding carboxylic acids is 1. The number of nitrogens with two attached hydrogens (primary N) is 3. The first-order valence-electron chi connectivity index (χ1n) is 10.7. The van der Waals surface area contributed by atoms with Crippen LogP contribution in [0, 0.1) is 5.82 Å². The van der Waals surface area contributed by atoms with Gasteiger partial charge in [-0.25, -0.2) is 15.2 Å². The van der Waals surface area contributed by atoms with Crippen LogP contribution >= 0.6 is 0 Å². The summed E-state index contributed by atoms with van der Waals surface area (Å²) in [6.45, 7) is 2.05. The average molecular weight is 438 g/mol. The van der Waals surface area contributed by atoms with Crippen LogP contribution in [-0.4, -0.2) is 20.3 Å². The highest BCUT2D eigenvalue weighted by Gasteiger charge is 2.23. The number of aryl methyl sites for hydroxylation is 1. The Hall–Kier alpha value is -3.59. The van der Waals surface area contributed by atoms with Gasteiger partial charge in [-0.1, -0.05) is 19.1 Å². The number of anilines is 1. The van der Waals surface area contributed by atoms with E-state index in [-0.39, 0.29) is 30.0 Å². The number of nitrogens with zero attached hydrogens (tertiary/aromatic N) is 3. The fourth-order valence-electron chi connectivity index (χ4n) is 3.67. The molecule has 9 heteroatoms. The number of pyridine rings is 1. The van der Waals surface area contributed by atoms with Crippen molar-refractivity contribution in [2.24, 2.45) is 11.6 Å². The molecule has 0 spiro atoms. The molecule has 8 nitrogen and oxygen atoms in total. The molecule has 32 heavy (non-hydrogen) atoms. The summed E-state index contributed by atoms with van der Waals surface area (Å²) >= 11 is 0. The molecule has 0 saturated heterocycles. The Balaban J connectivity index is 1.38. The number of carbonyl (C=O) groups is 1. The van der Waals surface area contributed by atoms with Gasteiger partial charge < -0.3 is 26.2 Å². The first-order valence-corrected chi connectivity index (χ1v) is 10.7. The van der Waals surface area contributed by atoms with Crippen molar-refractivity contribution in [1.29, 1.82) is 0 Å². The lowest BCUT2D eigenvalue weighted by molar-refractivity contribution is -0.117. The van der Waals surface area contributed by atoms with Crippen LogP contribution < -0.4 is 22.6 Å². The van der Waals surface area contributed by atoms with E-state index in [1.165, 1.54) is 29.6 Å². The van der Waals surface area contributed by atoms with Crippen LogP contribution in [0.2, 0.25) is 0 Å². The molecule has 1 amide bonds. The topological polar surface area (TPSA) is 128 Å². The maximum atomic E-state index is 14.5. The summed E-state index contributed by atoms with van der Waals surface area (Å²) in [5.74, 6) is 5.70. The molecule has 1 fully saturated rings. The summed E-state index contributed by atoms with van der Waals surface area (Å²) in [4.78, 5) is 16.9. The highest BCUT2D eigenvalue weighted by Crippen LogP contribution is 2.39. The zero-order chi connectivity index (χ0) is 22.8. The highest BCUT2D eigenvalue weighted by atomic mass is 19.1. The van der Waals surface area contributed by atoms with Crippen molar-refractivity contribution in [3.05, 3.63) is 76.8 Å². The summed E-state index contributed by atoms with van der Waals surface area (Å²) in [6.07, 6.45) is 8.34. The monoisotopic (exact) mass is 437 g/mol. The molecule has 7 N–H and O–H groups in total. The molecule has 1 aliphatic carbocycles. The third kappa shape index (κ3) is 4.67. The van der Waals surface area contributed by atoms with Crippen LogP contribution in [0.5, 0.6) is 0 Å². The smallest absolute Gasteiger partial charge is 0.268 e. The molecule has 2 aromatic heterocycles. The minimum atomic E-state index is -0.565. The van der Waals surface area contributed by atoms with Gasteiger partial charge in [0.2, 0.25) is 0 Å². The van der Waals surface area contributed by atoms with E-state index in [9.17, 15) is 9.18 Å². The average Bonchev–Trinajstić information content (AvgIpc) is 3.53. The molecule has 2 heterocycles. The van der Waals surface area contributed by atoms with Crippen molar-refractivity contribution in [1.82, 2.24) is 19.7 Å². The standard InChI is InChI=1S/C23H28FN7O/c1-2-14-5-7-19(25)18(22(14)24)9-28-23(32)20(26)13-31(27)12-17-11-30-10-16(15-3-4-15)6-8-21(30)29-17/h5-8,10-11,13,15H,2-4,9,12,25-27H2,1H3,(H,28,32)/b20-13-. The van der Waals surface area contributed by atoms with E-state index >= 15 is 0 Å². The second-order valence-electron chi connectivity index (χ2n) is 8.13. The van der Waals surface area contributed by atoms with E-state index in [1.54, 1.807) is 12.1 Å². The second-order valence-corrected chi connectivity index (χ2v) is 8.13. The summed E-state index contributed by atoms with van der Waals surface area (Å²) in [5, 5.41) is 3.89. The van der Waals surface area contributed by atoms with E-state index in [0.717, 1.165) is 11.3 Å². The number of amides is 1. The second kappa shape index (κ2) is 8.88. The van der Waals surface area contributed by atoms with Crippen LogP contribution in [0.3, 0.4) is 0 Å². The Bertz CT molecular complexity index is 1180. The summed E-state index contributed by atoms with van der Waals surface area (Å²) in [6, 6.07) is 7.38. The van der Waals surface area contributed by atoms with Gasteiger partial charge in [-0.2, -0.15) is 0 Å². The Morgan fingerprint density at radius 2 is 2.09 bits per heavy atom. The fraction of sp³-hybridized carbons (Fsp3) is 0.304. The normalized spacial score (nSPS) is 14.0. The highest BCUT2D eigenvalue weighted by molar-refractivity contribution is 5.92. The molecule has 168 valence electrons. The number of benzene rings is 1. The van der Waals surface area contributed by atoms with Crippen molar-refractivity contribution >= 4 is 17.2 Å². The Kier molecular flexibility index (Phi) is 6.00. The number of rotatable bonds is 8. The van der Waals surface area contributed by atoms with Gasteiger partial charge in [0, 0.05) is 36.4 Å². The van der Waals surface area contributed by atoms with Gasteiger partial charge in [0.1, 0.15) is 17.2 Å². The van der Waals surface area contributed by atoms with Gasteiger partial charge in [0.25, 0.3) is 5.91 Å². The lowest BCUT2D eigenvalue weighted by Gasteiger charge is -2.14. The number of nitrogens with one attached hydrogen (secondary N) is 1. The maximum absolute atomic E-state index is 14.5. The van der Waals surface area contributed by atoms with E-state index in [4.69, 9.17) is 17.3 Å². The van der Waals surface area contributed by atoms with E-state index in [0.29, 0.717) is 17.9 Å². The van der Waals surface area contributed by atoms with Gasteiger partial charge >= 0.3 is 0 Å². The van der Waals surface area contributed by atoms with Crippen molar-refractivity contribution in [3.63, 3.8) is 0 Å². The third-order valence-electron chi connectivity index (χ3n) is 5.65. The van der Waals surface area contributed by atoms with E-state index in [2.05, 4.69) is 22.6 Å². The molecule has 1 aromatic carbocycles. The minimum Gasteiger partial charge on any atom is -0.398 e. The number of hydrazine groups is 1. The summed E-state index contributed by atoms with van der Waals surface area (Å²) < 4.78 is 16.5. The molecule has 4 rings (SSSR count). The molecule has 1 aliphatic rings. The van der Waals surface area contributed by atoms with Crippen molar-refractivity contribution in [2.75, 3.05) is 5.73 Å². The molecule has 0 atom stereocenters. The molecule has 1 saturated carbocycles. The maximum Gasteiger partial charge on any atom is 0.268 e. The van der Waals surface area contributed by atoms with Crippen LogP contribution in [0.1, 0.15) is 48.1 Å². The first kappa shape index (κ1) is 21.6. The zero-order valence-corrected chi connectivity index (χ0v) is 18.0. The molecule has 0 bridgehead atoms. The zero-order valence-electron chi connectivity index (χ0n) is 18.0. The van der Waals surface area contributed by atoms with Gasteiger partial charge in [-0.3, -0.25) is 4.79 Å². The van der Waals surface area contributed by atoms with Crippen molar-refractivity contribution in [3.8, 4) is 0 Å². The predicted molar refractivity (Wildman–Crippen MR) is 121 cm³/mol. The van der Waals surface area contributed by atoms with Crippen molar-refractivity contribution < 1.29 is 9.18 Å². The predicted octanol–water partition coefficient (Wildman–Crippen LogP) is 2.29. The largest absolute Gasteiger partial charge is 0.398 e.